The summed E-state index contributed by atoms with van der Waals surface area (Å²) < 4.78 is 10.8. The number of H-pyrrole nitrogens is 1. The van der Waals surface area contributed by atoms with E-state index in [-0.39, 0.29) is 5.56 Å². The zero-order chi connectivity index (χ0) is 22.8. The lowest BCUT2D eigenvalue weighted by Gasteiger charge is -2.11. The Morgan fingerprint density at radius 1 is 0.576 bits per heavy atom. The van der Waals surface area contributed by atoms with Crippen LogP contribution in [0, 0.1) is 0 Å². The maximum Gasteiger partial charge on any atom is 0.256 e. The van der Waals surface area contributed by atoms with Gasteiger partial charge in [-0.05, 0) is 63.5 Å². The molecule has 1 N–H and O–H groups in total. The number of nitrogens with one attached hydrogen (secondary N) is 1. The fourth-order valence-corrected chi connectivity index (χ4v) is 4.12. The molecule has 0 saturated carbocycles. The van der Waals surface area contributed by atoms with Crippen LogP contribution in [0.1, 0.15) is 0 Å². The van der Waals surface area contributed by atoms with Gasteiger partial charge >= 0.3 is 0 Å². The van der Waals surface area contributed by atoms with Crippen LogP contribution in [0.25, 0.3) is 44.3 Å². The van der Waals surface area contributed by atoms with Gasteiger partial charge < -0.3 is 14.5 Å². The SMILES string of the molecule is COc1cc2cc(-c3cccc(-c4cccc(-c5ccccc5)c4)c3)[nH]c(=O)c2cc1OC. The minimum Gasteiger partial charge on any atom is -0.493 e. The smallest absolute Gasteiger partial charge is 0.256 e. The van der Waals surface area contributed by atoms with Crippen LogP contribution in [-0.4, -0.2) is 19.2 Å². The van der Waals surface area contributed by atoms with Crippen LogP contribution < -0.4 is 15.0 Å². The summed E-state index contributed by atoms with van der Waals surface area (Å²) in [5, 5.41) is 1.35. The van der Waals surface area contributed by atoms with Crippen LogP contribution in [0.5, 0.6) is 11.5 Å². The zero-order valence-electron chi connectivity index (χ0n) is 18.5. The Morgan fingerprint density at radius 3 is 1.79 bits per heavy atom. The van der Waals surface area contributed by atoms with Gasteiger partial charge in [-0.3, -0.25) is 4.79 Å². The molecule has 0 bridgehead atoms. The minimum atomic E-state index is -0.167. The number of aromatic nitrogens is 1. The summed E-state index contributed by atoms with van der Waals surface area (Å²) in [6.07, 6.45) is 0. The van der Waals surface area contributed by atoms with Gasteiger partial charge in [0.25, 0.3) is 5.56 Å². The van der Waals surface area contributed by atoms with E-state index in [4.69, 9.17) is 9.47 Å². The van der Waals surface area contributed by atoms with Crippen molar-refractivity contribution in [2.75, 3.05) is 14.2 Å². The molecule has 0 aliphatic rings. The Balaban J connectivity index is 1.58. The molecule has 162 valence electrons. The fraction of sp³-hybridized carbons (Fsp3) is 0.0690. The predicted molar refractivity (Wildman–Crippen MR) is 134 cm³/mol. The second-order valence-electron chi connectivity index (χ2n) is 7.83. The number of rotatable bonds is 5. The van der Waals surface area contributed by atoms with E-state index in [0.717, 1.165) is 27.8 Å². The molecule has 0 saturated heterocycles. The number of hydrogen-bond donors (Lipinski definition) is 1. The highest BCUT2D eigenvalue weighted by molar-refractivity contribution is 5.88. The highest BCUT2D eigenvalue weighted by atomic mass is 16.5. The number of aromatic amines is 1. The Hall–Kier alpha value is -4.31. The molecule has 1 aromatic heterocycles. The van der Waals surface area contributed by atoms with E-state index < -0.39 is 0 Å². The highest BCUT2D eigenvalue weighted by Gasteiger charge is 2.11. The van der Waals surface area contributed by atoms with Crippen molar-refractivity contribution in [3.63, 3.8) is 0 Å². The average Bonchev–Trinajstić information content (AvgIpc) is 2.88. The van der Waals surface area contributed by atoms with Gasteiger partial charge in [-0.1, -0.05) is 66.7 Å². The normalized spacial score (nSPS) is 10.8. The molecule has 0 atom stereocenters. The van der Waals surface area contributed by atoms with Gasteiger partial charge in [0.05, 0.1) is 19.6 Å². The molecule has 4 aromatic carbocycles. The first-order valence-electron chi connectivity index (χ1n) is 10.7. The Labute approximate surface area is 192 Å². The molecule has 0 fully saturated rings. The maximum absolute atomic E-state index is 12.8. The van der Waals surface area contributed by atoms with Crippen LogP contribution >= 0.6 is 0 Å². The van der Waals surface area contributed by atoms with Crippen molar-refractivity contribution in [1.82, 2.24) is 4.98 Å². The molecule has 5 rings (SSSR count). The topological polar surface area (TPSA) is 51.3 Å². The quantitative estimate of drug-likeness (QED) is 0.342. The van der Waals surface area contributed by atoms with Gasteiger partial charge in [0.15, 0.2) is 11.5 Å². The van der Waals surface area contributed by atoms with Gasteiger partial charge in [0.1, 0.15) is 0 Å². The van der Waals surface area contributed by atoms with Crippen LogP contribution in [0.3, 0.4) is 0 Å². The van der Waals surface area contributed by atoms with Gasteiger partial charge in [-0.2, -0.15) is 0 Å². The Kier molecular flexibility index (Phi) is 5.41. The third-order valence-electron chi connectivity index (χ3n) is 5.82. The van der Waals surface area contributed by atoms with E-state index in [0.29, 0.717) is 16.9 Å². The molecule has 0 aliphatic carbocycles. The van der Waals surface area contributed by atoms with Crippen molar-refractivity contribution in [2.45, 2.75) is 0 Å². The molecule has 0 radical (unpaired) electrons. The molecule has 1 heterocycles. The van der Waals surface area contributed by atoms with Crippen molar-refractivity contribution in [3.05, 3.63) is 107 Å². The van der Waals surface area contributed by atoms with Crippen molar-refractivity contribution in [1.29, 1.82) is 0 Å². The Bertz CT molecular complexity index is 1500. The lowest BCUT2D eigenvalue weighted by molar-refractivity contribution is 0.356. The van der Waals surface area contributed by atoms with E-state index in [2.05, 4.69) is 53.5 Å². The van der Waals surface area contributed by atoms with Gasteiger partial charge in [-0.15, -0.1) is 0 Å². The monoisotopic (exact) mass is 433 g/mol. The van der Waals surface area contributed by atoms with Gasteiger partial charge in [-0.25, -0.2) is 0 Å². The van der Waals surface area contributed by atoms with Gasteiger partial charge in [0.2, 0.25) is 0 Å². The largest absolute Gasteiger partial charge is 0.493 e. The molecule has 4 heteroatoms. The molecule has 0 unspecified atom stereocenters. The number of pyridine rings is 1. The Morgan fingerprint density at radius 2 is 1.12 bits per heavy atom. The zero-order valence-corrected chi connectivity index (χ0v) is 18.5. The van der Waals surface area contributed by atoms with Crippen molar-refractivity contribution in [3.8, 4) is 45.0 Å². The lowest BCUT2D eigenvalue weighted by atomic mass is 9.97. The summed E-state index contributed by atoms with van der Waals surface area (Å²) in [5.74, 6) is 1.12. The van der Waals surface area contributed by atoms with Gasteiger partial charge in [0, 0.05) is 5.69 Å². The van der Waals surface area contributed by atoms with E-state index in [1.54, 1.807) is 20.3 Å². The first-order valence-corrected chi connectivity index (χ1v) is 10.7. The number of ether oxygens (including phenoxy) is 2. The number of hydrogen-bond acceptors (Lipinski definition) is 3. The van der Waals surface area contributed by atoms with E-state index >= 15 is 0 Å². The van der Waals surface area contributed by atoms with Crippen LogP contribution in [0.4, 0.5) is 0 Å². The van der Waals surface area contributed by atoms with Crippen LogP contribution in [0.2, 0.25) is 0 Å². The summed E-state index contributed by atoms with van der Waals surface area (Å²) in [6, 6.07) is 32.5. The number of benzene rings is 4. The van der Waals surface area contributed by atoms with Crippen molar-refractivity contribution >= 4 is 10.8 Å². The molecule has 0 amide bonds. The predicted octanol–water partition coefficient (Wildman–Crippen LogP) is 6.55. The minimum absolute atomic E-state index is 0.167. The molecule has 0 aliphatic heterocycles. The summed E-state index contributed by atoms with van der Waals surface area (Å²) in [7, 11) is 3.15. The standard InChI is InChI=1S/C29H23NO3/c1-32-27-17-24-16-26(30-29(31)25(24)18-28(27)33-2)23-13-7-12-22(15-23)21-11-6-10-20(14-21)19-8-4-3-5-9-19/h3-18H,1-2H3,(H,30,31). The fourth-order valence-electron chi connectivity index (χ4n) is 4.12. The molecular weight excluding hydrogens is 410 g/mol. The average molecular weight is 434 g/mol. The lowest BCUT2D eigenvalue weighted by Crippen LogP contribution is -2.08. The third kappa shape index (κ3) is 3.99. The van der Waals surface area contributed by atoms with E-state index in [9.17, 15) is 4.79 Å². The summed E-state index contributed by atoms with van der Waals surface area (Å²) in [4.78, 5) is 15.9. The van der Waals surface area contributed by atoms with E-state index in [1.165, 1.54) is 11.1 Å². The summed E-state index contributed by atoms with van der Waals surface area (Å²) in [6.45, 7) is 0. The first kappa shape index (κ1) is 20.6. The highest BCUT2D eigenvalue weighted by Crippen LogP contribution is 2.33. The molecule has 33 heavy (non-hydrogen) atoms. The molecular formula is C29H23NO3. The van der Waals surface area contributed by atoms with Crippen LogP contribution in [0.15, 0.2) is 102 Å². The number of fused-ring (bicyclic) bond motifs is 1. The molecule has 5 aromatic rings. The third-order valence-corrected chi connectivity index (χ3v) is 5.82. The molecule has 0 spiro atoms. The first-order chi connectivity index (χ1) is 16.2. The van der Waals surface area contributed by atoms with Crippen LogP contribution in [-0.2, 0) is 0 Å². The second kappa shape index (κ2) is 8.67. The molecule has 4 nitrogen and oxygen atoms in total. The van der Waals surface area contributed by atoms with Crippen molar-refractivity contribution in [2.24, 2.45) is 0 Å². The second-order valence-corrected chi connectivity index (χ2v) is 7.83. The van der Waals surface area contributed by atoms with Crippen molar-refractivity contribution < 1.29 is 9.47 Å². The number of methoxy groups -OCH3 is 2. The maximum atomic E-state index is 12.8. The summed E-state index contributed by atoms with van der Waals surface area (Å²) in [5.41, 5.74) is 6.07. The van der Waals surface area contributed by atoms with E-state index in [1.807, 2.05) is 42.5 Å². The summed E-state index contributed by atoms with van der Waals surface area (Å²) >= 11 is 0.